The van der Waals surface area contributed by atoms with Crippen LogP contribution in [-0.4, -0.2) is 38.1 Å². The number of amides is 1. The molecule has 1 amide bonds. The number of halogens is 2. The molecule has 27 heavy (non-hydrogen) atoms. The number of hydrogen-bond donors (Lipinski definition) is 1. The van der Waals surface area contributed by atoms with Crippen molar-refractivity contribution >= 4 is 41.0 Å². The van der Waals surface area contributed by atoms with Gasteiger partial charge in [0.2, 0.25) is 0 Å². The summed E-state index contributed by atoms with van der Waals surface area (Å²) in [6.45, 7) is 0. The standard InChI is InChI=1S/C19H17Cl2NO5/c1-26-18(24)13-5-3-4-12(8-13)17(23)22-16(19(25)27-2)9-11-6-7-14(20)10-15(11)21/h3-8,10,16H,9H2,1-2H3,(H,22,23)/t16-/m1/s1. The van der Waals surface area contributed by atoms with E-state index in [1.807, 2.05) is 0 Å². The first-order valence-electron chi connectivity index (χ1n) is 7.86. The van der Waals surface area contributed by atoms with Gasteiger partial charge < -0.3 is 14.8 Å². The van der Waals surface area contributed by atoms with Crippen LogP contribution in [0.2, 0.25) is 10.0 Å². The highest BCUT2D eigenvalue weighted by atomic mass is 35.5. The molecule has 1 N–H and O–H groups in total. The molecule has 2 rings (SSSR count). The van der Waals surface area contributed by atoms with Gasteiger partial charge in [0.05, 0.1) is 19.8 Å². The largest absolute Gasteiger partial charge is 0.467 e. The first-order valence-corrected chi connectivity index (χ1v) is 8.62. The van der Waals surface area contributed by atoms with E-state index in [-0.39, 0.29) is 17.5 Å². The van der Waals surface area contributed by atoms with E-state index in [1.165, 1.54) is 32.4 Å². The van der Waals surface area contributed by atoms with Gasteiger partial charge in [-0.05, 0) is 35.9 Å². The average molecular weight is 410 g/mol. The number of hydrogen-bond acceptors (Lipinski definition) is 5. The van der Waals surface area contributed by atoms with Gasteiger partial charge in [-0.2, -0.15) is 0 Å². The van der Waals surface area contributed by atoms with Crippen LogP contribution >= 0.6 is 23.2 Å². The average Bonchev–Trinajstić information content (AvgIpc) is 2.68. The molecule has 0 saturated heterocycles. The van der Waals surface area contributed by atoms with Crippen LogP contribution in [0, 0.1) is 0 Å². The molecule has 0 saturated carbocycles. The van der Waals surface area contributed by atoms with Crippen molar-refractivity contribution in [3.8, 4) is 0 Å². The number of rotatable bonds is 6. The summed E-state index contributed by atoms with van der Waals surface area (Å²) in [5.41, 5.74) is 1.05. The van der Waals surface area contributed by atoms with Gasteiger partial charge in [-0.15, -0.1) is 0 Å². The molecule has 1 atom stereocenters. The molecule has 2 aromatic carbocycles. The number of nitrogens with one attached hydrogen (secondary N) is 1. The second kappa shape index (κ2) is 9.39. The van der Waals surface area contributed by atoms with Crippen LogP contribution in [0.3, 0.4) is 0 Å². The van der Waals surface area contributed by atoms with E-state index in [0.717, 1.165) is 0 Å². The predicted molar refractivity (Wildman–Crippen MR) is 101 cm³/mol. The minimum Gasteiger partial charge on any atom is -0.467 e. The molecule has 0 fully saturated rings. The second-order valence-electron chi connectivity index (χ2n) is 5.56. The molecule has 8 heteroatoms. The van der Waals surface area contributed by atoms with E-state index in [9.17, 15) is 14.4 Å². The molecule has 142 valence electrons. The zero-order valence-electron chi connectivity index (χ0n) is 14.6. The van der Waals surface area contributed by atoms with Crippen molar-refractivity contribution < 1.29 is 23.9 Å². The fourth-order valence-corrected chi connectivity index (χ4v) is 2.88. The minimum absolute atomic E-state index is 0.116. The molecule has 0 aliphatic carbocycles. The lowest BCUT2D eigenvalue weighted by Gasteiger charge is -2.17. The summed E-state index contributed by atoms with van der Waals surface area (Å²) in [6.07, 6.45) is 0.116. The van der Waals surface area contributed by atoms with Crippen LogP contribution in [0.5, 0.6) is 0 Å². The van der Waals surface area contributed by atoms with Gasteiger partial charge in [0.1, 0.15) is 6.04 Å². The summed E-state index contributed by atoms with van der Waals surface area (Å²) in [4.78, 5) is 36.3. The quantitative estimate of drug-likeness (QED) is 0.740. The van der Waals surface area contributed by atoms with E-state index >= 15 is 0 Å². The first kappa shape index (κ1) is 20.7. The van der Waals surface area contributed by atoms with E-state index in [4.69, 9.17) is 27.9 Å². The maximum Gasteiger partial charge on any atom is 0.337 e. The van der Waals surface area contributed by atoms with Crippen molar-refractivity contribution in [2.45, 2.75) is 12.5 Å². The van der Waals surface area contributed by atoms with Crippen molar-refractivity contribution in [1.82, 2.24) is 5.32 Å². The van der Waals surface area contributed by atoms with Crippen LogP contribution in [-0.2, 0) is 20.7 Å². The van der Waals surface area contributed by atoms with Crippen LogP contribution in [0.4, 0.5) is 0 Å². The predicted octanol–water partition coefficient (Wildman–Crippen LogP) is 3.29. The Morgan fingerprint density at radius 3 is 2.33 bits per heavy atom. The maximum absolute atomic E-state index is 12.5. The summed E-state index contributed by atoms with van der Waals surface area (Å²) in [5.74, 6) is -1.73. The fraction of sp³-hybridized carbons (Fsp3) is 0.211. The Bertz CT molecular complexity index is 869. The van der Waals surface area contributed by atoms with Crippen LogP contribution in [0.1, 0.15) is 26.3 Å². The van der Waals surface area contributed by atoms with Crippen LogP contribution < -0.4 is 5.32 Å². The van der Waals surface area contributed by atoms with Crippen LogP contribution in [0.25, 0.3) is 0 Å². The minimum atomic E-state index is -0.969. The van der Waals surface area contributed by atoms with E-state index in [1.54, 1.807) is 24.3 Å². The van der Waals surface area contributed by atoms with Gasteiger partial charge in [-0.25, -0.2) is 9.59 Å². The lowest BCUT2D eigenvalue weighted by atomic mass is 10.0. The first-order chi connectivity index (χ1) is 12.8. The van der Waals surface area contributed by atoms with Gasteiger partial charge in [-0.3, -0.25) is 4.79 Å². The van der Waals surface area contributed by atoms with E-state index in [0.29, 0.717) is 15.6 Å². The Morgan fingerprint density at radius 1 is 1.00 bits per heavy atom. The Balaban J connectivity index is 2.22. The maximum atomic E-state index is 12.5. The molecule has 0 aliphatic rings. The molecular formula is C19H17Cl2NO5. The fourth-order valence-electron chi connectivity index (χ4n) is 2.39. The number of carbonyl (C=O) groups excluding carboxylic acids is 3. The zero-order valence-corrected chi connectivity index (χ0v) is 16.1. The Morgan fingerprint density at radius 2 is 1.70 bits per heavy atom. The van der Waals surface area contributed by atoms with E-state index in [2.05, 4.69) is 10.1 Å². The van der Waals surface area contributed by atoms with Gasteiger partial charge >= 0.3 is 11.9 Å². The Kier molecular flexibility index (Phi) is 7.21. The summed E-state index contributed by atoms with van der Waals surface area (Å²) in [6, 6.07) is 9.86. The summed E-state index contributed by atoms with van der Waals surface area (Å²) in [5, 5.41) is 3.43. The number of ether oxygens (including phenoxy) is 2. The molecular weight excluding hydrogens is 393 g/mol. The third-order valence-electron chi connectivity index (χ3n) is 3.78. The molecule has 0 spiro atoms. The molecule has 0 aliphatic heterocycles. The Labute approximate surface area is 166 Å². The van der Waals surface area contributed by atoms with Crippen molar-refractivity contribution in [2.24, 2.45) is 0 Å². The van der Waals surface area contributed by atoms with E-state index < -0.39 is 23.9 Å². The van der Waals surface area contributed by atoms with Gasteiger partial charge in [0.25, 0.3) is 5.91 Å². The molecule has 0 aromatic heterocycles. The third kappa shape index (κ3) is 5.45. The highest BCUT2D eigenvalue weighted by Crippen LogP contribution is 2.22. The van der Waals surface area contributed by atoms with Gasteiger partial charge in [-0.1, -0.05) is 35.3 Å². The van der Waals surface area contributed by atoms with Crippen molar-refractivity contribution in [2.75, 3.05) is 14.2 Å². The smallest absolute Gasteiger partial charge is 0.337 e. The number of esters is 2. The third-order valence-corrected chi connectivity index (χ3v) is 4.36. The number of carbonyl (C=O) groups is 3. The highest BCUT2D eigenvalue weighted by Gasteiger charge is 2.24. The Hall–Kier alpha value is -2.57. The second-order valence-corrected chi connectivity index (χ2v) is 6.41. The van der Waals surface area contributed by atoms with Crippen molar-refractivity contribution in [1.29, 1.82) is 0 Å². The number of methoxy groups -OCH3 is 2. The summed E-state index contributed by atoms with van der Waals surface area (Å²) in [7, 11) is 2.47. The lowest BCUT2D eigenvalue weighted by molar-refractivity contribution is -0.142. The molecule has 0 radical (unpaired) electrons. The summed E-state index contributed by atoms with van der Waals surface area (Å²) < 4.78 is 9.41. The van der Waals surface area contributed by atoms with Crippen LogP contribution in [0.15, 0.2) is 42.5 Å². The monoisotopic (exact) mass is 409 g/mol. The van der Waals surface area contributed by atoms with Gasteiger partial charge in [0, 0.05) is 22.0 Å². The highest BCUT2D eigenvalue weighted by molar-refractivity contribution is 6.35. The van der Waals surface area contributed by atoms with Gasteiger partial charge in [0.15, 0.2) is 0 Å². The molecule has 0 unspecified atom stereocenters. The SMILES string of the molecule is COC(=O)c1cccc(C(=O)N[C@H](Cc2ccc(Cl)cc2Cl)C(=O)OC)c1. The normalized spacial score (nSPS) is 11.4. The molecule has 6 nitrogen and oxygen atoms in total. The summed E-state index contributed by atoms with van der Waals surface area (Å²) >= 11 is 12.0. The zero-order chi connectivity index (χ0) is 20.0. The van der Waals surface area contributed by atoms with Crippen molar-refractivity contribution in [3.05, 3.63) is 69.2 Å². The molecule has 2 aromatic rings. The number of benzene rings is 2. The topological polar surface area (TPSA) is 81.7 Å². The molecule has 0 bridgehead atoms. The molecule has 0 heterocycles. The van der Waals surface area contributed by atoms with Crippen molar-refractivity contribution in [3.63, 3.8) is 0 Å². The lowest BCUT2D eigenvalue weighted by Crippen LogP contribution is -2.43.